The lowest BCUT2D eigenvalue weighted by atomic mass is 10.2. The van der Waals surface area contributed by atoms with Gasteiger partial charge >= 0.3 is 0 Å². The van der Waals surface area contributed by atoms with E-state index in [0.717, 1.165) is 19.5 Å². The first-order valence-electron chi connectivity index (χ1n) is 8.00. The maximum atomic E-state index is 14.4. The summed E-state index contributed by atoms with van der Waals surface area (Å²) in [4.78, 5) is 14.3. The molecule has 0 aliphatic carbocycles. The number of nitrogens with zero attached hydrogens (tertiary/aromatic N) is 5. The third kappa shape index (κ3) is 2.23. The van der Waals surface area contributed by atoms with E-state index in [0.29, 0.717) is 33.8 Å². The minimum atomic E-state index is -0.482. The number of anilines is 2. The summed E-state index contributed by atoms with van der Waals surface area (Å²) in [6, 6.07) is 3.39. The Kier molecular flexibility index (Phi) is 3.05. The van der Waals surface area contributed by atoms with Crippen LogP contribution in [0.1, 0.15) is 17.7 Å². The summed E-state index contributed by atoms with van der Waals surface area (Å²) in [7, 11) is 0. The Morgan fingerprint density at radius 3 is 2.92 bits per heavy atom. The van der Waals surface area contributed by atoms with Gasteiger partial charge in [0.1, 0.15) is 29.2 Å². The van der Waals surface area contributed by atoms with Gasteiger partial charge in [0.25, 0.3) is 6.01 Å². The van der Waals surface area contributed by atoms with E-state index in [9.17, 15) is 4.39 Å². The highest BCUT2D eigenvalue weighted by molar-refractivity contribution is 5.90. The Bertz CT molecular complexity index is 1210. The first-order valence-corrected chi connectivity index (χ1v) is 8.00. The van der Waals surface area contributed by atoms with Crippen molar-refractivity contribution in [3.05, 3.63) is 35.5 Å². The molecule has 1 aliphatic heterocycles. The topological polar surface area (TPSA) is 110 Å². The molecule has 9 heteroatoms. The molecule has 5 rings (SSSR count). The number of H-pyrrole nitrogens is 1. The number of hydrogen-bond donors (Lipinski definition) is 2. The summed E-state index contributed by atoms with van der Waals surface area (Å²) in [6.45, 7) is 1.80. The average Bonchev–Trinajstić information content (AvgIpc) is 3.15. The molecule has 128 valence electrons. The van der Waals surface area contributed by atoms with Crippen molar-refractivity contribution in [1.82, 2.24) is 25.1 Å². The molecule has 4 heterocycles. The predicted molar refractivity (Wildman–Crippen MR) is 92.9 cm³/mol. The SMILES string of the molecule is Nc1ncnc2n[nH]c(C#Cc3cc4nc(N5CCC5)oc4cc3F)c12. The zero-order chi connectivity index (χ0) is 17.7. The molecule has 0 saturated carbocycles. The van der Waals surface area contributed by atoms with E-state index >= 15 is 0 Å². The summed E-state index contributed by atoms with van der Waals surface area (Å²) in [5, 5.41) is 7.28. The third-order valence-corrected chi connectivity index (χ3v) is 4.29. The lowest BCUT2D eigenvalue weighted by Crippen LogP contribution is -2.37. The Morgan fingerprint density at radius 1 is 1.23 bits per heavy atom. The molecular formula is C17H12FN7O. The van der Waals surface area contributed by atoms with Crippen LogP contribution >= 0.6 is 0 Å². The van der Waals surface area contributed by atoms with Gasteiger partial charge < -0.3 is 15.1 Å². The van der Waals surface area contributed by atoms with Crippen LogP contribution in [-0.2, 0) is 0 Å². The second-order valence-electron chi connectivity index (χ2n) is 5.94. The smallest absolute Gasteiger partial charge is 0.298 e. The minimum absolute atomic E-state index is 0.208. The Labute approximate surface area is 146 Å². The van der Waals surface area contributed by atoms with Crippen LogP contribution in [0.15, 0.2) is 22.9 Å². The molecule has 1 fully saturated rings. The predicted octanol–water partition coefficient (Wildman–Crippen LogP) is 1.83. The number of nitrogens with one attached hydrogen (secondary N) is 1. The van der Waals surface area contributed by atoms with Gasteiger partial charge in [-0.15, -0.1) is 0 Å². The van der Waals surface area contributed by atoms with E-state index in [-0.39, 0.29) is 11.4 Å². The Balaban J connectivity index is 1.57. The number of rotatable bonds is 1. The normalized spacial score (nSPS) is 13.7. The number of oxazole rings is 1. The third-order valence-electron chi connectivity index (χ3n) is 4.29. The van der Waals surface area contributed by atoms with Gasteiger partial charge in [-0.05, 0) is 18.4 Å². The number of benzene rings is 1. The summed E-state index contributed by atoms with van der Waals surface area (Å²) < 4.78 is 20.0. The maximum absolute atomic E-state index is 14.4. The molecule has 1 aliphatic rings. The number of nitrogens with two attached hydrogens (primary N) is 1. The average molecular weight is 349 g/mol. The first kappa shape index (κ1) is 14.7. The highest BCUT2D eigenvalue weighted by Gasteiger charge is 2.20. The number of aromatic amines is 1. The van der Waals surface area contributed by atoms with Gasteiger partial charge in [0, 0.05) is 19.2 Å². The van der Waals surface area contributed by atoms with Crippen LogP contribution in [0.2, 0.25) is 0 Å². The van der Waals surface area contributed by atoms with Gasteiger partial charge in [0.05, 0.1) is 10.9 Å². The van der Waals surface area contributed by atoms with Crippen LogP contribution in [0.3, 0.4) is 0 Å². The number of hydrogen-bond acceptors (Lipinski definition) is 7. The molecule has 8 nitrogen and oxygen atoms in total. The summed E-state index contributed by atoms with van der Waals surface area (Å²) in [5.74, 6) is 5.42. The van der Waals surface area contributed by atoms with Crippen molar-refractivity contribution in [2.75, 3.05) is 23.7 Å². The standard InChI is InChI=1S/C17H12FN7O/c18-10-7-13-12(22-17(26-13)25-4-1-5-25)6-9(10)2-3-11-14-15(19)20-8-21-16(14)24-23-11/h6-8H,1,4-5H2,(H3,19,20,21,23,24). The van der Waals surface area contributed by atoms with Crippen molar-refractivity contribution in [3.63, 3.8) is 0 Å². The molecule has 26 heavy (non-hydrogen) atoms. The lowest BCUT2D eigenvalue weighted by molar-refractivity contribution is 0.509. The molecule has 1 saturated heterocycles. The molecule has 4 aromatic rings. The number of nitrogen functional groups attached to an aromatic ring is 1. The summed E-state index contributed by atoms with van der Waals surface area (Å²) >= 11 is 0. The van der Waals surface area contributed by atoms with Gasteiger partial charge in [-0.1, -0.05) is 5.92 Å². The van der Waals surface area contributed by atoms with Gasteiger partial charge in [0.15, 0.2) is 11.2 Å². The zero-order valence-corrected chi connectivity index (χ0v) is 13.5. The number of aromatic nitrogens is 5. The summed E-state index contributed by atoms with van der Waals surface area (Å²) in [6.07, 6.45) is 2.43. The second kappa shape index (κ2) is 5.42. The quantitative estimate of drug-likeness (QED) is 0.504. The van der Waals surface area contributed by atoms with Crippen LogP contribution in [0.25, 0.3) is 22.1 Å². The van der Waals surface area contributed by atoms with Crippen molar-refractivity contribution in [2.45, 2.75) is 6.42 Å². The van der Waals surface area contributed by atoms with Gasteiger partial charge in [0.2, 0.25) is 0 Å². The molecule has 0 bridgehead atoms. The fraction of sp³-hybridized carbons (Fsp3) is 0.176. The van der Waals surface area contributed by atoms with E-state index in [1.54, 1.807) is 6.07 Å². The second-order valence-corrected chi connectivity index (χ2v) is 5.94. The molecule has 0 atom stereocenters. The van der Waals surface area contributed by atoms with Crippen molar-refractivity contribution >= 4 is 34.0 Å². The molecule has 0 unspecified atom stereocenters. The van der Waals surface area contributed by atoms with E-state index < -0.39 is 5.82 Å². The maximum Gasteiger partial charge on any atom is 0.298 e. The van der Waals surface area contributed by atoms with Gasteiger partial charge in [-0.2, -0.15) is 10.1 Å². The fourth-order valence-corrected chi connectivity index (χ4v) is 2.77. The van der Waals surface area contributed by atoms with E-state index in [4.69, 9.17) is 10.2 Å². The van der Waals surface area contributed by atoms with Crippen LogP contribution in [0, 0.1) is 17.7 Å². The van der Waals surface area contributed by atoms with Crippen LogP contribution < -0.4 is 10.6 Å². The van der Waals surface area contributed by atoms with Crippen molar-refractivity contribution in [3.8, 4) is 11.8 Å². The van der Waals surface area contributed by atoms with Crippen molar-refractivity contribution in [1.29, 1.82) is 0 Å². The molecule has 1 aromatic carbocycles. The van der Waals surface area contributed by atoms with Gasteiger partial charge in [-0.25, -0.2) is 14.4 Å². The molecule has 0 spiro atoms. The van der Waals surface area contributed by atoms with Crippen LogP contribution in [0.4, 0.5) is 16.2 Å². The Morgan fingerprint density at radius 2 is 2.12 bits per heavy atom. The largest absolute Gasteiger partial charge is 0.423 e. The monoisotopic (exact) mass is 349 g/mol. The summed E-state index contributed by atoms with van der Waals surface area (Å²) in [5.41, 5.74) is 7.86. The number of fused-ring (bicyclic) bond motifs is 2. The number of halogens is 1. The van der Waals surface area contributed by atoms with Crippen LogP contribution in [-0.4, -0.2) is 38.2 Å². The highest BCUT2D eigenvalue weighted by atomic mass is 19.1. The molecule has 0 radical (unpaired) electrons. The molecule has 3 aromatic heterocycles. The molecule has 0 amide bonds. The van der Waals surface area contributed by atoms with E-state index in [2.05, 4.69) is 37.0 Å². The Hall–Kier alpha value is -3.67. The zero-order valence-electron chi connectivity index (χ0n) is 13.5. The van der Waals surface area contributed by atoms with Gasteiger partial charge in [-0.3, -0.25) is 5.10 Å². The van der Waals surface area contributed by atoms with E-state index in [1.807, 2.05) is 4.90 Å². The molecular weight excluding hydrogens is 337 g/mol. The molecule has 3 N–H and O–H groups in total. The van der Waals surface area contributed by atoms with Crippen LogP contribution in [0.5, 0.6) is 0 Å². The fourth-order valence-electron chi connectivity index (χ4n) is 2.77. The first-order chi connectivity index (χ1) is 12.7. The minimum Gasteiger partial charge on any atom is -0.423 e. The lowest BCUT2D eigenvalue weighted by Gasteiger charge is -2.28. The van der Waals surface area contributed by atoms with Crippen molar-refractivity contribution in [2.24, 2.45) is 0 Å². The van der Waals surface area contributed by atoms with E-state index in [1.165, 1.54) is 12.4 Å². The van der Waals surface area contributed by atoms with Crippen molar-refractivity contribution < 1.29 is 8.81 Å². The highest BCUT2D eigenvalue weighted by Crippen LogP contribution is 2.27.